The number of methoxy groups -OCH3 is 2. The third kappa shape index (κ3) is 13.8. The number of carbonyl (C=O) groups excluding carboxylic acids is 4. The van der Waals surface area contributed by atoms with Gasteiger partial charge in [0.1, 0.15) is 49.1 Å². The average Bonchev–Trinajstić information content (AvgIpc) is 3.24. The Kier molecular flexibility index (Phi) is 17.2. The highest BCUT2D eigenvalue weighted by molar-refractivity contribution is 7.99. The van der Waals surface area contributed by atoms with Crippen molar-refractivity contribution in [2.24, 2.45) is 0 Å². The number of ether oxygens (including phenoxy) is 6. The van der Waals surface area contributed by atoms with Crippen LogP contribution < -0.4 is 9.47 Å². The van der Waals surface area contributed by atoms with Gasteiger partial charge in [-0.15, -0.1) is 23.5 Å². The molecule has 10 nitrogen and oxygen atoms in total. The lowest BCUT2D eigenvalue weighted by Crippen LogP contribution is -2.14. The summed E-state index contributed by atoms with van der Waals surface area (Å²) in [5, 5.41) is 0. The molecule has 4 rings (SSSR count). The van der Waals surface area contributed by atoms with Crippen molar-refractivity contribution in [2.45, 2.75) is 9.79 Å². The Morgan fingerprint density at radius 2 is 0.893 bits per heavy atom. The normalized spacial score (nSPS) is 9.96. The van der Waals surface area contributed by atoms with Gasteiger partial charge >= 0.3 is 23.9 Å². The van der Waals surface area contributed by atoms with Crippen molar-refractivity contribution >= 4 is 47.4 Å². The number of thioether (sulfide) groups is 2. The number of esters is 4. The zero-order valence-corrected chi connectivity index (χ0v) is 32.4. The van der Waals surface area contributed by atoms with Crippen LogP contribution in [0.1, 0.15) is 43.0 Å². The van der Waals surface area contributed by atoms with Gasteiger partial charge in [-0.3, -0.25) is 0 Å². The lowest BCUT2D eigenvalue weighted by Gasteiger charge is -2.13. The summed E-state index contributed by atoms with van der Waals surface area (Å²) in [6.45, 7) is 7.41. The lowest BCUT2D eigenvalue weighted by atomic mass is 10.1. The van der Waals surface area contributed by atoms with Crippen molar-refractivity contribution in [1.82, 2.24) is 0 Å². The highest BCUT2D eigenvalue weighted by Gasteiger charge is 2.16. The van der Waals surface area contributed by atoms with E-state index in [1.54, 1.807) is 59.9 Å². The predicted octanol–water partition coefficient (Wildman–Crippen LogP) is 7.16. The van der Waals surface area contributed by atoms with Crippen molar-refractivity contribution in [3.8, 4) is 35.2 Å². The van der Waals surface area contributed by atoms with Crippen molar-refractivity contribution in [2.75, 3.05) is 52.2 Å². The Balaban J connectivity index is 1.33. The first-order valence-electron chi connectivity index (χ1n) is 17.0. The van der Waals surface area contributed by atoms with Crippen LogP contribution in [0.3, 0.4) is 0 Å². The smallest absolute Gasteiger partial charge is 0.341 e. The summed E-state index contributed by atoms with van der Waals surface area (Å²) < 4.78 is 31.7. The highest BCUT2D eigenvalue weighted by Crippen LogP contribution is 2.24. The van der Waals surface area contributed by atoms with E-state index in [4.69, 9.17) is 28.4 Å². The first-order chi connectivity index (χ1) is 27.2. The molecule has 0 amide bonds. The molecule has 0 radical (unpaired) electrons. The Morgan fingerprint density at radius 1 is 0.536 bits per heavy atom. The van der Waals surface area contributed by atoms with Crippen molar-refractivity contribution in [3.63, 3.8) is 0 Å². The van der Waals surface area contributed by atoms with Gasteiger partial charge in [0, 0.05) is 55.7 Å². The summed E-state index contributed by atoms with van der Waals surface area (Å²) in [4.78, 5) is 49.6. The van der Waals surface area contributed by atoms with E-state index >= 15 is 0 Å². The molecule has 286 valence electrons. The van der Waals surface area contributed by atoms with Gasteiger partial charge in [0.15, 0.2) is 0 Å². The van der Waals surface area contributed by atoms with E-state index in [0.717, 1.165) is 33.1 Å². The average molecular weight is 791 g/mol. The van der Waals surface area contributed by atoms with Crippen LogP contribution in [-0.2, 0) is 28.5 Å². The maximum atomic E-state index is 12.6. The van der Waals surface area contributed by atoms with Gasteiger partial charge in [-0.25, -0.2) is 19.2 Å². The molecular weight excluding hydrogens is 753 g/mol. The lowest BCUT2D eigenvalue weighted by molar-refractivity contribution is -0.138. The van der Waals surface area contributed by atoms with E-state index in [1.165, 1.54) is 14.2 Å². The molecule has 0 unspecified atom stereocenters. The summed E-state index contributed by atoms with van der Waals surface area (Å²) in [5.74, 6) is 12.0. The third-order valence-electron chi connectivity index (χ3n) is 7.31. The van der Waals surface area contributed by atoms with Gasteiger partial charge in [-0.2, -0.15) is 0 Å². The van der Waals surface area contributed by atoms with Crippen LogP contribution >= 0.6 is 23.5 Å². The zero-order chi connectivity index (χ0) is 40.1. The SMILES string of the molecule is C=CC(=O)OCCSc1ccc(C#Cc2ccc(OCCOc3ccc(C#Cc4ccc(SCCOC(=O)C=C)cc4)cc3C(=O)OC)c(C(=O)OC)c2)cc1. The van der Waals surface area contributed by atoms with Crippen LogP contribution in [0.5, 0.6) is 11.5 Å². The summed E-state index contributed by atoms with van der Waals surface area (Å²) in [6, 6.07) is 25.2. The number of benzene rings is 4. The van der Waals surface area contributed by atoms with Crippen LogP contribution in [0.4, 0.5) is 0 Å². The second-order valence-electron chi connectivity index (χ2n) is 11.1. The Bertz CT molecular complexity index is 2000. The second kappa shape index (κ2) is 22.8. The highest BCUT2D eigenvalue weighted by atomic mass is 32.2. The first-order valence-corrected chi connectivity index (χ1v) is 19.0. The van der Waals surface area contributed by atoms with Crippen LogP contribution in [0.25, 0.3) is 0 Å². The Morgan fingerprint density at radius 3 is 1.25 bits per heavy atom. The molecule has 56 heavy (non-hydrogen) atoms. The fourth-order valence-corrected chi connectivity index (χ4v) is 6.05. The number of rotatable bonds is 17. The van der Waals surface area contributed by atoms with E-state index in [0.29, 0.717) is 22.6 Å². The van der Waals surface area contributed by atoms with E-state index in [2.05, 4.69) is 36.8 Å². The van der Waals surface area contributed by atoms with Crippen LogP contribution in [-0.4, -0.2) is 76.0 Å². The molecule has 12 heteroatoms. The maximum Gasteiger partial charge on any atom is 0.341 e. The molecule has 0 aliphatic carbocycles. The largest absolute Gasteiger partial charge is 0.489 e. The summed E-state index contributed by atoms with van der Waals surface area (Å²) in [7, 11) is 2.56. The molecule has 0 aliphatic rings. The predicted molar refractivity (Wildman–Crippen MR) is 215 cm³/mol. The van der Waals surface area contributed by atoms with Crippen LogP contribution in [0.15, 0.2) is 120 Å². The molecule has 0 saturated heterocycles. The number of hydrogen-bond acceptors (Lipinski definition) is 12. The molecular formula is C44H38O10S2. The van der Waals surface area contributed by atoms with E-state index in [9.17, 15) is 19.2 Å². The maximum absolute atomic E-state index is 12.6. The van der Waals surface area contributed by atoms with Gasteiger partial charge in [0.2, 0.25) is 0 Å². The van der Waals surface area contributed by atoms with Crippen molar-refractivity contribution in [1.29, 1.82) is 0 Å². The Labute approximate surface area is 334 Å². The minimum Gasteiger partial charge on any atom is -0.489 e. The molecule has 4 aromatic carbocycles. The van der Waals surface area contributed by atoms with Gasteiger partial charge in [-0.05, 0) is 84.9 Å². The molecule has 0 fully saturated rings. The summed E-state index contributed by atoms with van der Waals surface area (Å²) >= 11 is 3.10. The van der Waals surface area contributed by atoms with E-state index < -0.39 is 23.9 Å². The molecule has 0 bridgehead atoms. The first kappa shape index (κ1) is 42.4. The minimum atomic E-state index is -0.590. The molecule has 4 aromatic rings. The van der Waals surface area contributed by atoms with Gasteiger partial charge in [0.25, 0.3) is 0 Å². The van der Waals surface area contributed by atoms with E-state index in [1.807, 2.05) is 48.5 Å². The van der Waals surface area contributed by atoms with Gasteiger partial charge < -0.3 is 28.4 Å². The molecule has 0 heterocycles. The van der Waals surface area contributed by atoms with Gasteiger partial charge in [0.05, 0.1) is 14.2 Å². The van der Waals surface area contributed by atoms with Crippen molar-refractivity contribution in [3.05, 3.63) is 144 Å². The third-order valence-corrected chi connectivity index (χ3v) is 9.26. The fraction of sp³-hybridized carbons (Fsp3) is 0.182. The summed E-state index contributed by atoms with van der Waals surface area (Å²) in [5.41, 5.74) is 3.11. The van der Waals surface area contributed by atoms with Gasteiger partial charge in [-0.1, -0.05) is 36.8 Å². The monoisotopic (exact) mass is 790 g/mol. The molecule has 0 spiro atoms. The number of carbonyl (C=O) groups is 4. The molecule has 0 N–H and O–H groups in total. The molecule has 0 aliphatic heterocycles. The minimum absolute atomic E-state index is 0.0481. The van der Waals surface area contributed by atoms with E-state index in [-0.39, 0.29) is 49.1 Å². The van der Waals surface area contributed by atoms with Crippen LogP contribution in [0.2, 0.25) is 0 Å². The van der Waals surface area contributed by atoms with Crippen molar-refractivity contribution < 1.29 is 47.6 Å². The Hall–Kier alpha value is -6.34. The quantitative estimate of drug-likeness (QED) is 0.0269. The topological polar surface area (TPSA) is 124 Å². The zero-order valence-electron chi connectivity index (χ0n) is 30.8. The fourth-order valence-electron chi connectivity index (χ4n) is 4.59. The van der Waals surface area contributed by atoms with Crippen LogP contribution in [0, 0.1) is 23.7 Å². The number of hydrogen-bond donors (Lipinski definition) is 0. The molecule has 0 atom stereocenters. The standard InChI is InChI=1S/C44H38O10S2/c1-5-41(45)53-25-27-55-35-17-11-31(12-18-35)7-9-33-15-21-39(37(29-33)43(47)49-3)51-23-24-52-40-22-16-34(30-38(40)44(48)50-4)10-8-32-13-19-36(20-14-32)56-28-26-54-42(46)6-2/h5-6,11-22,29-30H,1-2,23-28H2,3-4H3. The summed E-state index contributed by atoms with van der Waals surface area (Å²) in [6.07, 6.45) is 2.27. The molecule has 0 aromatic heterocycles. The molecule has 0 saturated carbocycles. The second-order valence-corrected chi connectivity index (χ2v) is 13.4.